The van der Waals surface area contributed by atoms with Crippen LogP contribution in [0.4, 0.5) is 39.5 Å². The molecule has 3 aliphatic heterocycles. The van der Waals surface area contributed by atoms with Crippen LogP contribution in [-0.4, -0.2) is 103 Å². The highest BCUT2D eigenvalue weighted by Gasteiger charge is 2.55. The first-order valence-corrected chi connectivity index (χ1v) is 28.5. The van der Waals surface area contributed by atoms with Crippen LogP contribution in [-0.2, 0) is 52.5 Å². The number of nitrogens with one attached hydrogen (secondary N) is 3. The Kier molecular flexibility index (Phi) is 20.7. The molecule has 472 valence electrons. The number of rotatable bonds is 18. The summed E-state index contributed by atoms with van der Waals surface area (Å²) in [6.45, 7) is 8.83. The summed E-state index contributed by atoms with van der Waals surface area (Å²) in [5, 5.41) is 35.7. The first kappa shape index (κ1) is 66.3. The van der Waals surface area contributed by atoms with E-state index in [0.29, 0.717) is 62.6 Å². The smallest absolute Gasteiger partial charge is 0.416 e. The minimum atomic E-state index is -4.37. The third kappa shape index (κ3) is 17.4. The molecule has 0 radical (unpaired) electrons. The van der Waals surface area contributed by atoms with Crippen LogP contribution in [0, 0.1) is 11.8 Å². The summed E-state index contributed by atoms with van der Waals surface area (Å²) in [4.78, 5) is 76.9. The SMILES string of the molecule is C[C@H](NC(=O)C1C2CC2CN1Cc1ccc(C(F)(F)F)cc1)c1ccc(C(=O)O)cc1.C[C@H](NC(=O)C1CCN1Cc1ccc(C(F)(F)F)cc1)c1ccc(C(=O)O)cc1.C[C@H](NC(=O)C1CCN1Cc1ccc(C(F)(F)F)cc1)c1ccc(C(=O)O)cc1. The molecule has 5 unspecified atom stereocenters. The van der Waals surface area contributed by atoms with E-state index in [0.717, 1.165) is 71.6 Å². The molecule has 1 aliphatic carbocycles. The van der Waals surface area contributed by atoms with Gasteiger partial charge in [-0.15, -0.1) is 0 Å². The predicted octanol–water partition coefficient (Wildman–Crippen LogP) is 11.8. The van der Waals surface area contributed by atoms with E-state index in [4.69, 9.17) is 15.3 Å². The second-order valence-electron chi connectivity index (χ2n) is 22.6. The van der Waals surface area contributed by atoms with Gasteiger partial charge in [-0.2, -0.15) is 39.5 Å². The first-order valence-electron chi connectivity index (χ1n) is 28.5. The maximum atomic E-state index is 13.0. The number of nitrogens with zero attached hydrogens (tertiary/aromatic N) is 3. The summed E-state index contributed by atoms with van der Waals surface area (Å²) in [6.07, 6.45) is -10.8. The standard InChI is InChI=1S/C23H23F3N2O3.2C21H21F3N2O3/c1-13(15-4-6-16(7-5-15)22(30)31)27-21(29)20-19-10-17(19)12-28(20)11-14-2-8-18(9-3-14)23(24,25)26;2*1-13(15-4-6-16(7-5-15)20(28)29)25-19(27)18-10-11-26(18)12-14-2-8-17(9-3-14)21(22,23)24/h2-9,13,17,19-20H,10-12H2,1H3,(H,27,29)(H,30,31);2*2-9,13,18H,10-12H2,1H3,(H,25,27)(H,28,29)/t13-,17?,19?,20?;2*13-,18?/m000/s1. The van der Waals surface area contributed by atoms with Gasteiger partial charge in [0.25, 0.3) is 0 Å². The fourth-order valence-corrected chi connectivity index (χ4v) is 10.9. The number of carbonyl (C=O) groups is 6. The van der Waals surface area contributed by atoms with E-state index in [1.54, 1.807) is 36.4 Å². The van der Waals surface area contributed by atoms with Crippen molar-refractivity contribution in [3.05, 3.63) is 212 Å². The highest BCUT2D eigenvalue weighted by molar-refractivity contribution is 5.89. The van der Waals surface area contributed by atoms with Crippen molar-refractivity contribution >= 4 is 35.6 Å². The summed E-state index contributed by atoms with van der Waals surface area (Å²) < 4.78 is 114. The monoisotopic (exact) mass is 1240 g/mol. The molecule has 3 saturated heterocycles. The van der Waals surface area contributed by atoms with Gasteiger partial charge in [-0.1, -0.05) is 72.8 Å². The Morgan fingerprint density at radius 2 is 0.708 bits per heavy atom. The van der Waals surface area contributed by atoms with Gasteiger partial charge in [0.2, 0.25) is 17.7 Å². The van der Waals surface area contributed by atoms with E-state index in [1.165, 1.54) is 72.8 Å². The number of benzene rings is 6. The van der Waals surface area contributed by atoms with Crippen LogP contribution in [0.3, 0.4) is 0 Å². The molecule has 24 heteroatoms. The molecule has 0 aromatic heterocycles. The first-order chi connectivity index (χ1) is 41.9. The van der Waals surface area contributed by atoms with E-state index in [9.17, 15) is 68.3 Å². The zero-order valence-electron chi connectivity index (χ0n) is 48.4. The molecule has 8 atom stereocenters. The lowest BCUT2D eigenvalue weighted by Gasteiger charge is -2.40. The van der Waals surface area contributed by atoms with Crippen molar-refractivity contribution in [2.24, 2.45) is 11.8 Å². The Morgan fingerprint density at radius 1 is 0.427 bits per heavy atom. The predicted molar refractivity (Wildman–Crippen MR) is 308 cm³/mol. The van der Waals surface area contributed by atoms with Crippen LogP contribution in [0.25, 0.3) is 0 Å². The Balaban J connectivity index is 0.000000173. The summed E-state index contributed by atoms with van der Waals surface area (Å²) >= 11 is 0. The number of alkyl halides is 9. The zero-order chi connectivity index (χ0) is 64.7. The molecule has 10 rings (SSSR count). The molecule has 6 aromatic carbocycles. The van der Waals surface area contributed by atoms with Gasteiger partial charge in [-0.25, -0.2) is 14.4 Å². The van der Waals surface area contributed by atoms with Crippen molar-refractivity contribution in [3.8, 4) is 0 Å². The lowest BCUT2D eigenvalue weighted by molar-refractivity contribution is -0.138. The van der Waals surface area contributed by atoms with Gasteiger partial charge in [0, 0.05) is 39.3 Å². The number of hydrogen-bond acceptors (Lipinski definition) is 9. The van der Waals surface area contributed by atoms with E-state index < -0.39 is 53.1 Å². The largest absolute Gasteiger partial charge is 0.478 e. The van der Waals surface area contributed by atoms with E-state index in [1.807, 2.05) is 35.5 Å². The maximum Gasteiger partial charge on any atom is 0.416 e. The van der Waals surface area contributed by atoms with Gasteiger partial charge in [0.15, 0.2) is 0 Å². The van der Waals surface area contributed by atoms with Crippen LogP contribution >= 0.6 is 0 Å². The molecule has 6 aromatic rings. The van der Waals surface area contributed by atoms with E-state index >= 15 is 0 Å². The van der Waals surface area contributed by atoms with Crippen LogP contribution in [0.5, 0.6) is 0 Å². The third-order valence-corrected chi connectivity index (χ3v) is 16.4. The van der Waals surface area contributed by atoms with Gasteiger partial charge < -0.3 is 31.3 Å². The number of carbonyl (C=O) groups excluding carboxylic acids is 3. The summed E-state index contributed by atoms with van der Waals surface area (Å²) in [5.74, 6) is -2.72. The number of likely N-dealkylation sites (tertiary alicyclic amines) is 3. The number of carboxylic acid groups (broad SMARTS) is 3. The number of carboxylic acids is 3. The van der Waals surface area contributed by atoms with E-state index in [2.05, 4.69) is 16.0 Å². The van der Waals surface area contributed by atoms with Crippen molar-refractivity contribution in [1.82, 2.24) is 30.7 Å². The molecule has 89 heavy (non-hydrogen) atoms. The van der Waals surface area contributed by atoms with Gasteiger partial charge in [-0.3, -0.25) is 29.1 Å². The molecule has 4 aliphatic rings. The average Bonchev–Trinajstić information content (AvgIpc) is 1.88. The van der Waals surface area contributed by atoms with Crippen LogP contribution < -0.4 is 16.0 Å². The van der Waals surface area contributed by atoms with Crippen molar-refractivity contribution < 1.29 is 83.6 Å². The quantitative estimate of drug-likeness (QED) is 0.0444. The van der Waals surface area contributed by atoms with Gasteiger partial charge in [0.05, 0.1) is 69.6 Å². The second kappa shape index (κ2) is 27.8. The summed E-state index contributed by atoms with van der Waals surface area (Å²) in [7, 11) is 0. The number of fused-ring (bicyclic) bond motifs is 1. The van der Waals surface area contributed by atoms with Crippen LogP contribution in [0.15, 0.2) is 146 Å². The Hall–Kier alpha value is -8.61. The highest BCUT2D eigenvalue weighted by atomic mass is 19.4. The third-order valence-electron chi connectivity index (χ3n) is 16.4. The van der Waals surface area contributed by atoms with Crippen LogP contribution in [0.1, 0.15) is 139 Å². The number of amides is 3. The number of hydrogen-bond donors (Lipinski definition) is 6. The molecule has 0 bridgehead atoms. The van der Waals surface area contributed by atoms with Crippen molar-refractivity contribution in [1.29, 1.82) is 0 Å². The lowest BCUT2D eigenvalue weighted by atomic mass is 9.99. The van der Waals surface area contributed by atoms with Crippen molar-refractivity contribution in [2.45, 2.75) is 114 Å². The fraction of sp³-hybridized carbons (Fsp3) is 0.354. The zero-order valence-corrected chi connectivity index (χ0v) is 48.4. The van der Waals surface area contributed by atoms with Gasteiger partial charge in [0.1, 0.15) is 0 Å². The molecule has 0 spiro atoms. The molecule has 6 N–H and O–H groups in total. The number of piperidine rings is 1. The minimum absolute atomic E-state index is 0.105. The molecule has 3 heterocycles. The second-order valence-corrected chi connectivity index (χ2v) is 22.6. The highest BCUT2D eigenvalue weighted by Crippen LogP contribution is 2.50. The molecule has 4 fully saturated rings. The molecule has 1 saturated carbocycles. The minimum Gasteiger partial charge on any atom is -0.478 e. The van der Waals surface area contributed by atoms with Crippen LogP contribution in [0.2, 0.25) is 0 Å². The topological polar surface area (TPSA) is 209 Å². The Bertz CT molecular complexity index is 3310. The van der Waals surface area contributed by atoms with Gasteiger partial charge >= 0.3 is 36.4 Å². The molecular formula is C65H65F9N6O9. The normalized spacial score (nSPS) is 20.0. The Morgan fingerprint density at radius 3 is 0.966 bits per heavy atom. The number of halogens is 9. The van der Waals surface area contributed by atoms with Gasteiger partial charge in [-0.05, 0) is 158 Å². The maximum absolute atomic E-state index is 13.0. The van der Waals surface area contributed by atoms with E-state index in [-0.39, 0.29) is 76.6 Å². The fourth-order valence-electron chi connectivity index (χ4n) is 10.9. The lowest BCUT2D eigenvalue weighted by Crippen LogP contribution is -2.55. The Labute approximate surface area is 506 Å². The molecule has 3 amide bonds. The van der Waals surface area contributed by atoms with Crippen molar-refractivity contribution in [2.75, 3.05) is 19.6 Å². The van der Waals surface area contributed by atoms with Crippen molar-refractivity contribution in [3.63, 3.8) is 0 Å². The summed E-state index contributed by atoms with van der Waals surface area (Å²) in [6, 6.07) is 32.1. The summed E-state index contributed by atoms with van der Waals surface area (Å²) in [5.41, 5.74) is 3.02. The number of aromatic carboxylic acids is 3. The molecule has 15 nitrogen and oxygen atoms in total. The molecular weight excluding hydrogens is 1180 g/mol. The average molecular weight is 1250 g/mol.